The van der Waals surface area contributed by atoms with E-state index in [1.54, 1.807) is 18.2 Å². The highest BCUT2D eigenvalue weighted by molar-refractivity contribution is 5.91. The largest absolute Gasteiger partial charge is 0.508 e. The number of benzene rings is 3. The molecule has 1 amide bonds. The van der Waals surface area contributed by atoms with Crippen LogP contribution in [0.1, 0.15) is 23.5 Å². The molecule has 0 spiro atoms. The molecule has 3 rings (SSSR count). The van der Waals surface area contributed by atoms with Gasteiger partial charge in [-0.05, 0) is 23.3 Å². The van der Waals surface area contributed by atoms with E-state index in [4.69, 9.17) is 0 Å². The first-order valence-corrected chi connectivity index (χ1v) is 7.91. The highest BCUT2D eigenvalue weighted by Crippen LogP contribution is 2.28. The lowest BCUT2D eigenvalue weighted by Gasteiger charge is -2.18. The van der Waals surface area contributed by atoms with Gasteiger partial charge in [0.2, 0.25) is 5.91 Å². The second-order valence-corrected chi connectivity index (χ2v) is 5.68. The normalized spacial score (nSPS) is 10.5. The molecular formula is C21H19NO2. The summed E-state index contributed by atoms with van der Waals surface area (Å²) in [6.45, 7) is 0. The van der Waals surface area contributed by atoms with Crippen LogP contribution in [-0.4, -0.2) is 11.0 Å². The highest BCUT2D eigenvalue weighted by Gasteiger charge is 2.18. The molecule has 3 aromatic rings. The van der Waals surface area contributed by atoms with Gasteiger partial charge in [-0.25, -0.2) is 0 Å². The molecule has 3 nitrogen and oxygen atoms in total. The van der Waals surface area contributed by atoms with Crippen molar-refractivity contribution in [2.24, 2.45) is 0 Å². The van der Waals surface area contributed by atoms with Crippen LogP contribution in [0.15, 0.2) is 84.9 Å². The van der Waals surface area contributed by atoms with Gasteiger partial charge in [-0.2, -0.15) is 0 Å². The average Bonchev–Trinajstić information content (AvgIpc) is 2.61. The summed E-state index contributed by atoms with van der Waals surface area (Å²) in [5.41, 5.74) is 2.81. The van der Waals surface area contributed by atoms with Crippen LogP contribution in [0.3, 0.4) is 0 Å². The Labute approximate surface area is 141 Å². The number of amides is 1. The quantitative estimate of drug-likeness (QED) is 0.725. The number of hydrogen-bond acceptors (Lipinski definition) is 2. The number of carbonyl (C=O) groups is 1. The second kappa shape index (κ2) is 7.47. The van der Waals surface area contributed by atoms with E-state index in [9.17, 15) is 9.90 Å². The molecule has 0 atom stereocenters. The SMILES string of the molecule is O=C(CC(c1ccccc1)c1ccccc1)Nc1cccc(O)c1. The number of rotatable bonds is 5. The summed E-state index contributed by atoms with van der Waals surface area (Å²) < 4.78 is 0. The summed E-state index contributed by atoms with van der Waals surface area (Å²) in [4.78, 5) is 12.5. The predicted octanol–water partition coefficient (Wildman–Crippen LogP) is 4.55. The Morgan fingerprint density at radius 2 is 1.42 bits per heavy atom. The molecular weight excluding hydrogens is 298 g/mol. The number of aromatic hydroxyl groups is 1. The van der Waals surface area contributed by atoms with E-state index in [2.05, 4.69) is 5.32 Å². The fraction of sp³-hybridized carbons (Fsp3) is 0.0952. The molecule has 2 N–H and O–H groups in total. The van der Waals surface area contributed by atoms with Crippen LogP contribution in [-0.2, 0) is 4.79 Å². The Balaban J connectivity index is 1.80. The van der Waals surface area contributed by atoms with Gasteiger partial charge in [-0.3, -0.25) is 4.79 Å². The number of hydrogen-bond donors (Lipinski definition) is 2. The number of nitrogens with one attached hydrogen (secondary N) is 1. The summed E-state index contributed by atoms with van der Waals surface area (Å²) >= 11 is 0. The summed E-state index contributed by atoms with van der Waals surface area (Å²) in [5, 5.41) is 12.4. The molecule has 0 aliphatic rings. The lowest BCUT2D eigenvalue weighted by Crippen LogP contribution is -2.16. The Morgan fingerprint density at radius 3 is 1.96 bits per heavy atom. The van der Waals surface area contributed by atoms with Crippen molar-refractivity contribution in [2.45, 2.75) is 12.3 Å². The van der Waals surface area contributed by atoms with Crippen LogP contribution >= 0.6 is 0 Å². The number of anilines is 1. The minimum Gasteiger partial charge on any atom is -0.508 e. The van der Waals surface area contributed by atoms with Gasteiger partial charge in [0.25, 0.3) is 0 Å². The molecule has 3 aromatic carbocycles. The monoisotopic (exact) mass is 317 g/mol. The van der Waals surface area contributed by atoms with Gasteiger partial charge in [-0.1, -0.05) is 66.7 Å². The second-order valence-electron chi connectivity index (χ2n) is 5.68. The van der Waals surface area contributed by atoms with E-state index in [0.29, 0.717) is 12.1 Å². The van der Waals surface area contributed by atoms with Crippen molar-refractivity contribution in [1.29, 1.82) is 0 Å². The van der Waals surface area contributed by atoms with Gasteiger partial charge in [0.05, 0.1) is 0 Å². The lowest BCUT2D eigenvalue weighted by molar-refractivity contribution is -0.116. The van der Waals surface area contributed by atoms with Crippen LogP contribution in [0.5, 0.6) is 5.75 Å². The zero-order valence-corrected chi connectivity index (χ0v) is 13.2. The first-order valence-electron chi connectivity index (χ1n) is 7.91. The zero-order valence-electron chi connectivity index (χ0n) is 13.2. The third-order valence-corrected chi connectivity index (χ3v) is 3.92. The summed E-state index contributed by atoms with van der Waals surface area (Å²) in [6, 6.07) is 26.6. The zero-order chi connectivity index (χ0) is 16.8. The summed E-state index contributed by atoms with van der Waals surface area (Å²) in [5.74, 6) is 0.0403. The first kappa shape index (κ1) is 15.8. The van der Waals surface area contributed by atoms with Gasteiger partial charge in [0, 0.05) is 24.1 Å². The van der Waals surface area contributed by atoms with E-state index in [1.165, 1.54) is 6.07 Å². The van der Waals surface area contributed by atoms with Crippen molar-refractivity contribution < 1.29 is 9.90 Å². The number of carbonyl (C=O) groups excluding carboxylic acids is 1. The standard InChI is InChI=1S/C21H19NO2/c23-19-13-7-12-18(14-19)22-21(24)15-20(16-8-3-1-4-9-16)17-10-5-2-6-11-17/h1-14,20,23H,15H2,(H,22,24). The van der Waals surface area contributed by atoms with Crippen molar-refractivity contribution >= 4 is 11.6 Å². The minimum atomic E-state index is -0.0849. The lowest BCUT2D eigenvalue weighted by atomic mass is 9.88. The molecule has 0 saturated carbocycles. The molecule has 3 heteroatoms. The molecule has 0 fully saturated rings. The smallest absolute Gasteiger partial charge is 0.225 e. The van der Waals surface area contributed by atoms with Gasteiger partial charge in [-0.15, -0.1) is 0 Å². The Hall–Kier alpha value is -3.07. The molecule has 0 aliphatic carbocycles. The van der Waals surface area contributed by atoms with E-state index >= 15 is 0 Å². The van der Waals surface area contributed by atoms with Crippen LogP contribution in [0.4, 0.5) is 5.69 Å². The van der Waals surface area contributed by atoms with E-state index < -0.39 is 0 Å². The maximum atomic E-state index is 12.5. The van der Waals surface area contributed by atoms with Gasteiger partial charge in [0.15, 0.2) is 0 Å². The van der Waals surface area contributed by atoms with Gasteiger partial charge < -0.3 is 10.4 Å². The third kappa shape index (κ3) is 4.02. The molecule has 0 bridgehead atoms. The van der Waals surface area contributed by atoms with Crippen LogP contribution in [0.25, 0.3) is 0 Å². The van der Waals surface area contributed by atoms with E-state index in [0.717, 1.165) is 11.1 Å². The molecule has 0 radical (unpaired) electrons. The Bertz CT molecular complexity index is 761. The first-order chi connectivity index (χ1) is 11.7. The van der Waals surface area contributed by atoms with Crippen molar-refractivity contribution in [3.63, 3.8) is 0 Å². The summed E-state index contributed by atoms with van der Waals surface area (Å²) in [7, 11) is 0. The van der Waals surface area contributed by atoms with Crippen molar-refractivity contribution in [3.8, 4) is 5.75 Å². The highest BCUT2D eigenvalue weighted by atomic mass is 16.3. The number of phenolic OH excluding ortho intramolecular Hbond substituents is 1. The maximum absolute atomic E-state index is 12.5. The molecule has 0 aromatic heterocycles. The van der Waals surface area contributed by atoms with Crippen LogP contribution in [0, 0.1) is 0 Å². The molecule has 0 heterocycles. The van der Waals surface area contributed by atoms with Gasteiger partial charge in [0.1, 0.15) is 5.75 Å². The fourth-order valence-corrected chi connectivity index (χ4v) is 2.78. The van der Waals surface area contributed by atoms with E-state index in [-0.39, 0.29) is 17.6 Å². The van der Waals surface area contributed by atoms with Crippen molar-refractivity contribution in [1.82, 2.24) is 0 Å². The Kier molecular flexibility index (Phi) is 4.92. The van der Waals surface area contributed by atoms with E-state index in [1.807, 2.05) is 60.7 Å². The third-order valence-electron chi connectivity index (χ3n) is 3.92. The molecule has 0 aliphatic heterocycles. The molecule has 24 heavy (non-hydrogen) atoms. The van der Waals surface area contributed by atoms with Crippen LogP contribution in [0.2, 0.25) is 0 Å². The van der Waals surface area contributed by atoms with Crippen LogP contribution < -0.4 is 5.32 Å². The molecule has 0 saturated heterocycles. The Morgan fingerprint density at radius 1 is 0.833 bits per heavy atom. The summed E-state index contributed by atoms with van der Waals surface area (Å²) in [6.07, 6.45) is 0.337. The fourth-order valence-electron chi connectivity index (χ4n) is 2.78. The minimum absolute atomic E-state index is 0.00953. The average molecular weight is 317 g/mol. The molecule has 0 unspecified atom stereocenters. The van der Waals surface area contributed by atoms with Crippen molar-refractivity contribution in [3.05, 3.63) is 96.1 Å². The van der Waals surface area contributed by atoms with Gasteiger partial charge >= 0.3 is 0 Å². The maximum Gasteiger partial charge on any atom is 0.225 e. The van der Waals surface area contributed by atoms with Crippen molar-refractivity contribution in [2.75, 3.05) is 5.32 Å². The topological polar surface area (TPSA) is 49.3 Å². The number of phenols is 1. The predicted molar refractivity (Wildman–Crippen MR) is 96.1 cm³/mol. The molecule has 120 valence electrons.